The minimum Gasteiger partial charge on any atom is -0.338 e. The van der Waals surface area contributed by atoms with E-state index in [2.05, 4.69) is 43.8 Å². The van der Waals surface area contributed by atoms with Crippen molar-refractivity contribution in [1.82, 2.24) is 29.6 Å². The maximum atomic E-state index is 6.04. The van der Waals surface area contributed by atoms with Crippen LogP contribution in [-0.2, 0) is 0 Å². The van der Waals surface area contributed by atoms with Crippen molar-refractivity contribution in [3.63, 3.8) is 0 Å². The standard InChI is InChI=1S/C13H18ClN7/c1-3-10-9-20(8-7-19(10)2)12-16-11(14)17-13(18-12)21-6-4-5-15-21/h4-6,10H,3,7-9H2,1-2H3. The van der Waals surface area contributed by atoms with Gasteiger partial charge >= 0.3 is 0 Å². The zero-order chi connectivity index (χ0) is 14.8. The van der Waals surface area contributed by atoms with Gasteiger partial charge in [0.2, 0.25) is 11.2 Å². The molecule has 0 bridgehead atoms. The first-order valence-corrected chi connectivity index (χ1v) is 7.42. The lowest BCUT2D eigenvalue weighted by molar-refractivity contribution is 0.212. The molecule has 3 rings (SSSR count). The molecule has 112 valence electrons. The Morgan fingerprint density at radius 2 is 2.05 bits per heavy atom. The molecule has 0 aliphatic carbocycles. The largest absolute Gasteiger partial charge is 0.338 e. The van der Waals surface area contributed by atoms with E-state index in [1.807, 2.05) is 6.07 Å². The molecular formula is C13H18ClN7. The van der Waals surface area contributed by atoms with E-state index in [0.717, 1.165) is 26.1 Å². The van der Waals surface area contributed by atoms with Crippen molar-refractivity contribution in [2.45, 2.75) is 19.4 Å². The van der Waals surface area contributed by atoms with Gasteiger partial charge in [0, 0.05) is 38.1 Å². The van der Waals surface area contributed by atoms with Crippen LogP contribution in [0, 0.1) is 0 Å². The molecule has 0 amide bonds. The Balaban J connectivity index is 1.88. The van der Waals surface area contributed by atoms with Gasteiger partial charge in [-0.05, 0) is 31.1 Å². The Labute approximate surface area is 128 Å². The van der Waals surface area contributed by atoms with Gasteiger partial charge in [0.25, 0.3) is 5.95 Å². The van der Waals surface area contributed by atoms with Crippen molar-refractivity contribution in [3.05, 3.63) is 23.7 Å². The highest BCUT2D eigenvalue weighted by Gasteiger charge is 2.25. The van der Waals surface area contributed by atoms with E-state index in [1.165, 1.54) is 0 Å². The minimum absolute atomic E-state index is 0.192. The normalized spacial score (nSPS) is 20.0. The van der Waals surface area contributed by atoms with Gasteiger partial charge in [-0.25, -0.2) is 4.68 Å². The van der Waals surface area contributed by atoms with Gasteiger partial charge in [0.1, 0.15) is 0 Å². The fraction of sp³-hybridized carbons (Fsp3) is 0.538. The molecule has 1 aliphatic rings. The summed E-state index contributed by atoms with van der Waals surface area (Å²) in [4.78, 5) is 17.4. The molecule has 1 fully saturated rings. The first-order valence-electron chi connectivity index (χ1n) is 7.04. The molecule has 1 aliphatic heterocycles. The van der Waals surface area contributed by atoms with E-state index in [4.69, 9.17) is 11.6 Å². The number of rotatable bonds is 3. The molecule has 1 atom stereocenters. The van der Waals surface area contributed by atoms with E-state index in [0.29, 0.717) is 17.9 Å². The van der Waals surface area contributed by atoms with Gasteiger partial charge in [-0.2, -0.15) is 20.1 Å². The second-order valence-electron chi connectivity index (χ2n) is 5.14. The number of aromatic nitrogens is 5. The molecule has 0 radical (unpaired) electrons. The molecule has 0 saturated carbocycles. The van der Waals surface area contributed by atoms with E-state index < -0.39 is 0 Å². The van der Waals surface area contributed by atoms with Crippen LogP contribution in [0.25, 0.3) is 5.95 Å². The third-order valence-electron chi connectivity index (χ3n) is 3.83. The van der Waals surface area contributed by atoms with E-state index in [9.17, 15) is 0 Å². The lowest BCUT2D eigenvalue weighted by Gasteiger charge is -2.39. The number of hydrogen-bond acceptors (Lipinski definition) is 6. The predicted molar refractivity (Wildman–Crippen MR) is 80.9 cm³/mol. The average Bonchev–Trinajstić information content (AvgIpc) is 3.01. The van der Waals surface area contributed by atoms with Gasteiger partial charge in [-0.1, -0.05) is 6.92 Å². The van der Waals surface area contributed by atoms with E-state index in [1.54, 1.807) is 17.1 Å². The summed E-state index contributed by atoms with van der Waals surface area (Å²) in [5.41, 5.74) is 0. The van der Waals surface area contributed by atoms with Crippen LogP contribution < -0.4 is 4.90 Å². The highest BCUT2D eigenvalue weighted by Crippen LogP contribution is 2.18. The lowest BCUT2D eigenvalue weighted by atomic mass is 10.1. The van der Waals surface area contributed by atoms with Crippen LogP contribution in [0.2, 0.25) is 5.28 Å². The van der Waals surface area contributed by atoms with Crippen LogP contribution in [0.1, 0.15) is 13.3 Å². The van der Waals surface area contributed by atoms with Gasteiger partial charge in [-0.3, -0.25) is 4.90 Å². The third kappa shape index (κ3) is 2.98. The molecule has 1 saturated heterocycles. The fourth-order valence-corrected chi connectivity index (χ4v) is 2.68. The Kier molecular flexibility index (Phi) is 4.03. The van der Waals surface area contributed by atoms with Crippen molar-refractivity contribution < 1.29 is 0 Å². The number of piperazine rings is 1. The van der Waals surface area contributed by atoms with Crippen LogP contribution in [0.3, 0.4) is 0 Å². The average molecular weight is 308 g/mol. The Morgan fingerprint density at radius 3 is 2.76 bits per heavy atom. The Hall–Kier alpha value is -1.73. The summed E-state index contributed by atoms with van der Waals surface area (Å²) in [6.45, 7) is 4.96. The second kappa shape index (κ2) is 5.95. The van der Waals surface area contributed by atoms with Crippen LogP contribution in [0.4, 0.5) is 5.95 Å². The molecule has 7 nitrogen and oxygen atoms in total. The maximum absolute atomic E-state index is 6.04. The highest BCUT2D eigenvalue weighted by molar-refractivity contribution is 6.28. The molecule has 0 N–H and O–H groups in total. The summed E-state index contributed by atoms with van der Waals surface area (Å²) in [5, 5.41) is 4.33. The monoisotopic (exact) mass is 307 g/mol. The first-order chi connectivity index (χ1) is 10.2. The first kappa shape index (κ1) is 14.2. The second-order valence-corrected chi connectivity index (χ2v) is 5.48. The van der Waals surface area contributed by atoms with Gasteiger partial charge < -0.3 is 4.90 Å². The summed E-state index contributed by atoms with van der Waals surface area (Å²) in [6, 6.07) is 2.32. The quantitative estimate of drug-likeness (QED) is 0.850. The molecule has 0 aromatic carbocycles. The number of halogens is 1. The molecular weight excluding hydrogens is 290 g/mol. The van der Waals surface area contributed by atoms with Crippen molar-refractivity contribution >= 4 is 17.5 Å². The molecule has 2 aromatic heterocycles. The van der Waals surface area contributed by atoms with Crippen molar-refractivity contribution in [1.29, 1.82) is 0 Å². The summed E-state index contributed by atoms with van der Waals surface area (Å²) in [6.07, 6.45) is 4.56. The van der Waals surface area contributed by atoms with E-state index in [-0.39, 0.29) is 5.28 Å². The number of anilines is 1. The van der Waals surface area contributed by atoms with Crippen LogP contribution in [0.15, 0.2) is 18.5 Å². The van der Waals surface area contributed by atoms with Crippen LogP contribution >= 0.6 is 11.6 Å². The Bertz CT molecular complexity index is 601. The number of likely N-dealkylation sites (N-methyl/N-ethyl adjacent to an activating group) is 1. The smallest absolute Gasteiger partial charge is 0.256 e. The zero-order valence-corrected chi connectivity index (χ0v) is 12.9. The maximum Gasteiger partial charge on any atom is 0.256 e. The molecule has 2 aromatic rings. The van der Waals surface area contributed by atoms with Crippen molar-refractivity contribution in [3.8, 4) is 5.95 Å². The minimum atomic E-state index is 0.192. The summed E-state index contributed by atoms with van der Waals surface area (Å²) >= 11 is 6.04. The van der Waals surface area contributed by atoms with Gasteiger partial charge in [0.05, 0.1) is 0 Å². The molecule has 3 heterocycles. The van der Waals surface area contributed by atoms with Crippen LogP contribution in [0.5, 0.6) is 0 Å². The topological polar surface area (TPSA) is 63.0 Å². The summed E-state index contributed by atoms with van der Waals surface area (Å²) < 4.78 is 1.59. The third-order valence-corrected chi connectivity index (χ3v) is 3.99. The molecule has 1 unspecified atom stereocenters. The molecule has 0 spiro atoms. The lowest BCUT2D eigenvalue weighted by Crippen LogP contribution is -2.51. The van der Waals surface area contributed by atoms with E-state index >= 15 is 0 Å². The SMILES string of the molecule is CCC1CN(c2nc(Cl)nc(-n3cccn3)n2)CCN1C. The Morgan fingerprint density at radius 1 is 1.24 bits per heavy atom. The summed E-state index contributed by atoms with van der Waals surface area (Å²) in [7, 11) is 2.15. The number of hydrogen-bond donors (Lipinski definition) is 0. The van der Waals surface area contributed by atoms with Crippen LogP contribution in [-0.4, -0.2) is 62.4 Å². The van der Waals surface area contributed by atoms with Crippen molar-refractivity contribution in [2.75, 3.05) is 31.6 Å². The zero-order valence-electron chi connectivity index (χ0n) is 12.1. The van der Waals surface area contributed by atoms with Crippen molar-refractivity contribution in [2.24, 2.45) is 0 Å². The molecule has 8 heteroatoms. The predicted octanol–water partition coefficient (Wildman–Crippen LogP) is 1.24. The van der Waals surface area contributed by atoms with Gasteiger partial charge in [0.15, 0.2) is 0 Å². The number of nitrogens with zero attached hydrogens (tertiary/aromatic N) is 7. The fourth-order valence-electron chi connectivity index (χ4n) is 2.53. The molecule has 21 heavy (non-hydrogen) atoms. The highest BCUT2D eigenvalue weighted by atomic mass is 35.5. The van der Waals surface area contributed by atoms with Gasteiger partial charge in [-0.15, -0.1) is 0 Å². The summed E-state index contributed by atoms with van der Waals surface area (Å²) in [5.74, 6) is 1.06.